The molecule has 1 aliphatic rings. The van der Waals surface area contributed by atoms with Crippen LogP contribution in [0, 0.1) is 11.8 Å². The number of unbranched alkanes of at least 4 members (excludes halogenated alkanes) is 1. The Bertz CT molecular complexity index is 147. The Balaban J connectivity index is 2.20. The highest BCUT2D eigenvalue weighted by Crippen LogP contribution is 2.30. The van der Waals surface area contributed by atoms with Crippen LogP contribution >= 0.6 is 0 Å². The molecule has 0 radical (unpaired) electrons. The summed E-state index contributed by atoms with van der Waals surface area (Å²) >= 11 is 0. The van der Waals surface area contributed by atoms with Crippen LogP contribution < -0.4 is 0 Å². The minimum absolute atomic E-state index is 0.329. The maximum absolute atomic E-state index is 11.6. The van der Waals surface area contributed by atoms with Crippen molar-refractivity contribution in [2.45, 2.75) is 52.4 Å². The van der Waals surface area contributed by atoms with Crippen LogP contribution in [0.5, 0.6) is 0 Å². The highest BCUT2D eigenvalue weighted by atomic mass is 16.1. The first-order valence-electron chi connectivity index (χ1n) is 5.29. The van der Waals surface area contributed by atoms with Gasteiger partial charge in [-0.25, -0.2) is 0 Å². The smallest absolute Gasteiger partial charge is 0.138 e. The summed E-state index contributed by atoms with van der Waals surface area (Å²) in [6.45, 7) is 4.27. The number of rotatable bonds is 5. The van der Waals surface area contributed by atoms with E-state index in [4.69, 9.17) is 0 Å². The van der Waals surface area contributed by atoms with Crippen molar-refractivity contribution in [3.63, 3.8) is 0 Å². The van der Waals surface area contributed by atoms with Gasteiger partial charge in [-0.05, 0) is 19.3 Å². The van der Waals surface area contributed by atoms with Crippen molar-refractivity contribution in [1.82, 2.24) is 0 Å². The molecule has 0 saturated heterocycles. The molecule has 1 nitrogen and oxygen atoms in total. The summed E-state index contributed by atoms with van der Waals surface area (Å²) in [5, 5.41) is 0. The highest BCUT2D eigenvalue weighted by Gasteiger charge is 2.28. The second kappa shape index (κ2) is 4.64. The van der Waals surface area contributed by atoms with Crippen molar-refractivity contribution < 1.29 is 4.79 Å². The van der Waals surface area contributed by atoms with Gasteiger partial charge in [0, 0.05) is 11.8 Å². The van der Waals surface area contributed by atoms with Gasteiger partial charge >= 0.3 is 0 Å². The van der Waals surface area contributed by atoms with E-state index >= 15 is 0 Å². The third-order valence-electron chi connectivity index (χ3n) is 2.98. The zero-order valence-corrected chi connectivity index (χ0v) is 8.31. The van der Waals surface area contributed by atoms with E-state index in [1.54, 1.807) is 0 Å². The SMILES string of the molecule is CCCCC(C)C(=O)C1CCC1. The van der Waals surface area contributed by atoms with Crippen LogP contribution in [0.3, 0.4) is 0 Å². The number of hydrogen-bond acceptors (Lipinski definition) is 1. The highest BCUT2D eigenvalue weighted by molar-refractivity contribution is 5.83. The van der Waals surface area contributed by atoms with Crippen molar-refractivity contribution in [1.29, 1.82) is 0 Å². The molecule has 1 aliphatic carbocycles. The predicted octanol–water partition coefficient (Wildman–Crippen LogP) is 3.18. The largest absolute Gasteiger partial charge is 0.299 e. The molecule has 12 heavy (non-hydrogen) atoms. The van der Waals surface area contributed by atoms with E-state index in [0.717, 1.165) is 19.3 Å². The van der Waals surface area contributed by atoms with Gasteiger partial charge in [0.1, 0.15) is 5.78 Å². The van der Waals surface area contributed by atoms with Gasteiger partial charge in [0.2, 0.25) is 0 Å². The summed E-state index contributed by atoms with van der Waals surface area (Å²) in [5.74, 6) is 1.31. The Morgan fingerprint density at radius 3 is 2.58 bits per heavy atom. The lowest BCUT2D eigenvalue weighted by Gasteiger charge is -2.26. The number of ketones is 1. The van der Waals surface area contributed by atoms with Gasteiger partial charge in [-0.15, -0.1) is 0 Å². The van der Waals surface area contributed by atoms with Crippen molar-refractivity contribution in [3.8, 4) is 0 Å². The molecule has 1 saturated carbocycles. The van der Waals surface area contributed by atoms with Gasteiger partial charge in [0.05, 0.1) is 0 Å². The van der Waals surface area contributed by atoms with Crippen LogP contribution in [0.4, 0.5) is 0 Å². The molecule has 0 heterocycles. The van der Waals surface area contributed by atoms with Gasteiger partial charge < -0.3 is 0 Å². The van der Waals surface area contributed by atoms with Gasteiger partial charge in [-0.2, -0.15) is 0 Å². The van der Waals surface area contributed by atoms with Gasteiger partial charge in [0.25, 0.3) is 0 Å². The van der Waals surface area contributed by atoms with Gasteiger partial charge in [-0.1, -0.05) is 33.1 Å². The Hall–Kier alpha value is -0.330. The molecule has 70 valence electrons. The van der Waals surface area contributed by atoms with Crippen molar-refractivity contribution in [2.75, 3.05) is 0 Å². The fourth-order valence-electron chi connectivity index (χ4n) is 1.75. The van der Waals surface area contributed by atoms with E-state index in [-0.39, 0.29) is 0 Å². The maximum atomic E-state index is 11.6. The Morgan fingerprint density at radius 1 is 1.50 bits per heavy atom. The predicted molar refractivity (Wildman–Crippen MR) is 51.0 cm³/mol. The summed E-state index contributed by atoms with van der Waals surface area (Å²) in [7, 11) is 0. The molecule has 0 amide bonds. The second-order valence-electron chi connectivity index (χ2n) is 4.07. The first-order chi connectivity index (χ1) is 5.75. The fraction of sp³-hybridized carbons (Fsp3) is 0.909. The Labute approximate surface area is 75.5 Å². The third kappa shape index (κ3) is 2.33. The summed E-state index contributed by atoms with van der Waals surface area (Å²) in [6.07, 6.45) is 7.12. The minimum atomic E-state index is 0.329. The van der Waals surface area contributed by atoms with Gasteiger partial charge in [0.15, 0.2) is 0 Å². The molecule has 1 unspecified atom stereocenters. The molecule has 1 rings (SSSR count). The molecule has 0 bridgehead atoms. The van der Waals surface area contributed by atoms with E-state index in [2.05, 4.69) is 13.8 Å². The molecule has 0 aromatic heterocycles. The van der Waals surface area contributed by atoms with Crippen molar-refractivity contribution in [2.24, 2.45) is 11.8 Å². The summed E-state index contributed by atoms with van der Waals surface area (Å²) in [4.78, 5) is 11.6. The molecular weight excluding hydrogens is 148 g/mol. The number of hydrogen-bond donors (Lipinski definition) is 0. The zero-order valence-electron chi connectivity index (χ0n) is 8.31. The topological polar surface area (TPSA) is 17.1 Å². The van der Waals surface area contributed by atoms with E-state index in [9.17, 15) is 4.79 Å². The molecule has 0 aliphatic heterocycles. The first kappa shape index (κ1) is 9.76. The minimum Gasteiger partial charge on any atom is -0.299 e. The standard InChI is InChI=1S/C11H20O/c1-3-4-6-9(2)11(12)10-7-5-8-10/h9-10H,3-8H2,1-2H3. The van der Waals surface area contributed by atoms with Crippen LogP contribution in [0.1, 0.15) is 52.4 Å². The molecule has 0 spiro atoms. The fourth-order valence-corrected chi connectivity index (χ4v) is 1.75. The summed E-state index contributed by atoms with van der Waals surface area (Å²) in [6, 6.07) is 0. The number of Topliss-reactive ketones (excluding diaryl/α,β-unsaturated/α-hetero) is 1. The summed E-state index contributed by atoms with van der Waals surface area (Å²) in [5.41, 5.74) is 0. The van der Waals surface area contributed by atoms with Crippen LogP contribution in [-0.2, 0) is 4.79 Å². The van der Waals surface area contributed by atoms with E-state index in [1.807, 2.05) is 0 Å². The molecular formula is C11H20O. The lowest BCUT2D eigenvalue weighted by atomic mass is 9.77. The van der Waals surface area contributed by atoms with Crippen molar-refractivity contribution >= 4 is 5.78 Å². The van der Waals surface area contributed by atoms with Crippen LogP contribution in [0.15, 0.2) is 0 Å². The van der Waals surface area contributed by atoms with Crippen molar-refractivity contribution in [3.05, 3.63) is 0 Å². The molecule has 1 atom stereocenters. The van der Waals surface area contributed by atoms with E-state index in [1.165, 1.54) is 19.3 Å². The third-order valence-corrected chi connectivity index (χ3v) is 2.98. The molecule has 1 heteroatoms. The zero-order chi connectivity index (χ0) is 8.97. The van der Waals surface area contributed by atoms with E-state index < -0.39 is 0 Å². The normalized spacial score (nSPS) is 20.2. The number of carbonyl (C=O) groups is 1. The summed E-state index contributed by atoms with van der Waals surface area (Å²) < 4.78 is 0. The molecule has 0 aromatic carbocycles. The number of carbonyl (C=O) groups excluding carboxylic acids is 1. The average Bonchev–Trinajstić information content (AvgIpc) is 1.96. The lowest BCUT2D eigenvalue weighted by molar-refractivity contribution is -0.128. The molecule has 0 N–H and O–H groups in total. The lowest BCUT2D eigenvalue weighted by Crippen LogP contribution is -2.27. The first-order valence-corrected chi connectivity index (χ1v) is 5.29. The quantitative estimate of drug-likeness (QED) is 0.616. The Morgan fingerprint density at radius 2 is 2.17 bits per heavy atom. The van der Waals surface area contributed by atoms with Gasteiger partial charge in [-0.3, -0.25) is 4.79 Å². The van der Waals surface area contributed by atoms with Crippen LogP contribution in [0.25, 0.3) is 0 Å². The van der Waals surface area contributed by atoms with E-state index in [0.29, 0.717) is 17.6 Å². The molecule has 0 aromatic rings. The second-order valence-corrected chi connectivity index (χ2v) is 4.07. The maximum Gasteiger partial charge on any atom is 0.138 e. The average molecular weight is 168 g/mol. The molecule has 1 fully saturated rings. The Kier molecular flexibility index (Phi) is 3.77. The van der Waals surface area contributed by atoms with Crippen LogP contribution in [-0.4, -0.2) is 5.78 Å². The monoisotopic (exact) mass is 168 g/mol. The van der Waals surface area contributed by atoms with Crippen LogP contribution in [0.2, 0.25) is 0 Å².